The van der Waals surface area contributed by atoms with Crippen LogP contribution in [-0.4, -0.2) is 15.3 Å². The van der Waals surface area contributed by atoms with Crippen LogP contribution in [0.3, 0.4) is 0 Å². The van der Waals surface area contributed by atoms with Crippen LogP contribution in [0.25, 0.3) is 66.1 Å². The van der Waals surface area contributed by atoms with Crippen molar-refractivity contribution < 1.29 is 0 Å². The highest BCUT2D eigenvalue weighted by Crippen LogP contribution is 2.38. The van der Waals surface area contributed by atoms with Crippen LogP contribution in [-0.2, 0) is 0 Å². The summed E-state index contributed by atoms with van der Waals surface area (Å²) in [4.78, 5) is 0. The zero-order valence-electron chi connectivity index (χ0n) is 23.8. The van der Waals surface area contributed by atoms with Gasteiger partial charge in [-0.15, -0.1) is 0 Å². The third-order valence-electron chi connectivity index (χ3n) is 8.61. The van der Waals surface area contributed by atoms with Crippen LogP contribution in [0.15, 0.2) is 157 Å². The first kappa shape index (κ1) is 24.5. The summed E-state index contributed by atoms with van der Waals surface area (Å²) in [5.74, 6) is 0. The van der Waals surface area contributed by atoms with Crippen LogP contribution in [0.5, 0.6) is 0 Å². The summed E-state index contributed by atoms with van der Waals surface area (Å²) in [6.45, 7) is 0. The van der Waals surface area contributed by atoms with E-state index in [1.165, 1.54) is 60.4 Å². The SMILES string of the molecule is C1=CNN(c2ccc(-n3c4ccccc4c4cc(-c5ccc6c(c5)c5ccccc5n6-c5ccccc5)ccc43)cc2)N=C1. The molecular formula is C39H27N5. The predicted molar refractivity (Wildman–Crippen MR) is 184 cm³/mol. The summed E-state index contributed by atoms with van der Waals surface area (Å²) < 4.78 is 4.71. The number of hydrazine groups is 1. The zero-order chi connectivity index (χ0) is 29.0. The molecule has 0 aliphatic carbocycles. The van der Waals surface area contributed by atoms with Crippen molar-refractivity contribution >= 4 is 55.5 Å². The minimum absolute atomic E-state index is 0.974. The predicted octanol–water partition coefficient (Wildman–Crippen LogP) is 9.37. The highest BCUT2D eigenvalue weighted by molar-refractivity contribution is 6.12. The Kier molecular flexibility index (Phi) is 5.43. The Morgan fingerprint density at radius 1 is 0.432 bits per heavy atom. The normalized spacial score (nSPS) is 13.0. The number of hydrazone groups is 1. The molecule has 0 radical (unpaired) electrons. The molecule has 208 valence electrons. The Bertz CT molecular complexity index is 2410. The van der Waals surface area contributed by atoms with Gasteiger partial charge in [-0.1, -0.05) is 66.7 Å². The number of fused-ring (bicyclic) bond motifs is 6. The van der Waals surface area contributed by atoms with Gasteiger partial charge >= 0.3 is 0 Å². The van der Waals surface area contributed by atoms with E-state index in [-0.39, 0.29) is 0 Å². The van der Waals surface area contributed by atoms with Gasteiger partial charge in [0.15, 0.2) is 0 Å². The Balaban J connectivity index is 1.19. The van der Waals surface area contributed by atoms with Crippen molar-refractivity contribution in [1.82, 2.24) is 14.6 Å². The van der Waals surface area contributed by atoms with Gasteiger partial charge in [-0.05, 0) is 90.0 Å². The van der Waals surface area contributed by atoms with Crippen molar-refractivity contribution in [3.8, 4) is 22.5 Å². The minimum atomic E-state index is 0.974. The van der Waals surface area contributed by atoms with Crippen molar-refractivity contribution in [3.05, 3.63) is 152 Å². The topological polar surface area (TPSA) is 37.5 Å². The molecule has 0 bridgehead atoms. The van der Waals surface area contributed by atoms with Crippen LogP contribution in [0, 0.1) is 0 Å². The number of hydrogen-bond donors (Lipinski definition) is 1. The van der Waals surface area contributed by atoms with E-state index in [0.717, 1.165) is 11.4 Å². The van der Waals surface area contributed by atoms with Gasteiger partial charge in [-0.2, -0.15) is 10.2 Å². The van der Waals surface area contributed by atoms with E-state index in [1.54, 1.807) is 11.3 Å². The maximum absolute atomic E-state index is 4.39. The van der Waals surface area contributed by atoms with Crippen LogP contribution in [0.4, 0.5) is 5.69 Å². The molecule has 0 atom stereocenters. The van der Waals surface area contributed by atoms with Gasteiger partial charge in [0.2, 0.25) is 0 Å². The van der Waals surface area contributed by atoms with Gasteiger partial charge in [0.25, 0.3) is 0 Å². The van der Waals surface area contributed by atoms with Crippen LogP contribution in [0.1, 0.15) is 0 Å². The fourth-order valence-electron chi connectivity index (χ4n) is 6.62. The molecule has 8 aromatic rings. The summed E-state index contributed by atoms with van der Waals surface area (Å²) in [5, 5.41) is 11.1. The van der Waals surface area contributed by atoms with Crippen molar-refractivity contribution in [1.29, 1.82) is 0 Å². The van der Waals surface area contributed by atoms with Crippen molar-refractivity contribution in [2.75, 3.05) is 5.12 Å². The van der Waals surface area contributed by atoms with Crippen molar-refractivity contribution in [2.24, 2.45) is 5.10 Å². The number of nitrogens with zero attached hydrogens (tertiary/aromatic N) is 4. The summed E-state index contributed by atoms with van der Waals surface area (Å²) in [5.41, 5.74) is 13.6. The smallest absolute Gasteiger partial charge is 0.0835 e. The Labute approximate surface area is 254 Å². The lowest BCUT2D eigenvalue weighted by molar-refractivity contribution is 0.774. The van der Waals surface area contributed by atoms with Gasteiger partial charge in [0.05, 0.1) is 34.0 Å². The minimum Gasteiger partial charge on any atom is -0.309 e. The molecule has 2 aromatic heterocycles. The molecule has 0 saturated carbocycles. The Morgan fingerprint density at radius 3 is 1.50 bits per heavy atom. The van der Waals surface area contributed by atoms with E-state index < -0.39 is 0 Å². The standard InChI is InChI=1S/C39H27N5/c1-2-9-29(10-3-1)42-36-13-6-4-11-32(36)34-25-27(15-21-38(34)42)28-16-22-39-35(26-28)33-12-5-7-14-37(33)43(39)30-17-19-31(20-18-30)44-40-23-8-24-41-44/h1-26,40H. The number of aromatic nitrogens is 2. The quantitative estimate of drug-likeness (QED) is 0.231. The van der Waals surface area contributed by atoms with E-state index in [0.29, 0.717) is 0 Å². The van der Waals surface area contributed by atoms with E-state index in [1.807, 2.05) is 12.3 Å². The number of rotatable bonds is 4. The molecule has 6 aromatic carbocycles. The molecule has 3 heterocycles. The third kappa shape index (κ3) is 3.76. The molecule has 0 fully saturated rings. The van der Waals surface area contributed by atoms with Gasteiger partial charge in [-0.3, -0.25) is 5.43 Å². The van der Waals surface area contributed by atoms with Gasteiger partial charge in [0.1, 0.15) is 0 Å². The van der Waals surface area contributed by atoms with Crippen molar-refractivity contribution in [2.45, 2.75) is 0 Å². The molecule has 0 spiro atoms. The van der Waals surface area contributed by atoms with Gasteiger partial charge in [-0.25, -0.2) is 0 Å². The largest absolute Gasteiger partial charge is 0.309 e. The second kappa shape index (κ2) is 9.75. The summed E-state index contributed by atoms with van der Waals surface area (Å²) >= 11 is 0. The number of hydrogen-bond acceptors (Lipinski definition) is 3. The van der Waals surface area contributed by atoms with E-state index in [4.69, 9.17) is 0 Å². The lowest BCUT2D eigenvalue weighted by atomic mass is 10.0. The maximum Gasteiger partial charge on any atom is 0.0835 e. The number of anilines is 1. The van der Waals surface area contributed by atoms with Crippen LogP contribution >= 0.6 is 0 Å². The molecule has 1 aliphatic rings. The second-order valence-electron chi connectivity index (χ2n) is 11.1. The summed E-state index contributed by atoms with van der Waals surface area (Å²) in [6, 6.07) is 50.2. The van der Waals surface area contributed by atoms with Crippen LogP contribution in [0.2, 0.25) is 0 Å². The molecular weight excluding hydrogens is 538 g/mol. The monoisotopic (exact) mass is 565 g/mol. The molecule has 9 rings (SSSR count). The number of nitrogens with one attached hydrogen (secondary N) is 1. The molecule has 0 unspecified atom stereocenters. The van der Waals surface area contributed by atoms with Crippen molar-refractivity contribution in [3.63, 3.8) is 0 Å². The summed E-state index contributed by atoms with van der Waals surface area (Å²) in [7, 11) is 0. The molecule has 0 amide bonds. The Morgan fingerprint density at radius 2 is 0.932 bits per heavy atom. The third-order valence-corrected chi connectivity index (χ3v) is 8.61. The van der Waals surface area contributed by atoms with E-state index >= 15 is 0 Å². The van der Waals surface area contributed by atoms with Gasteiger partial charge in [0, 0.05) is 39.1 Å². The molecule has 5 nitrogen and oxygen atoms in total. The highest BCUT2D eigenvalue weighted by Gasteiger charge is 2.16. The number of allylic oxidation sites excluding steroid dienone is 1. The molecule has 1 aliphatic heterocycles. The fourth-order valence-corrected chi connectivity index (χ4v) is 6.62. The lowest BCUT2D eigenvalue weighted by Gasteiger charge is -2.20. The number of benzene rings is 6. The molecule has 1 N–H and O–H groups in total. The van der Waals surface area contributed by atoms with Gasteiger partial charge < -0.3 is 9.13 Å². The first-order valence-electron chi connectivity index (χ1n) is 14.8. The average Bonchev–Trinajstić information content (AvgIpc) is 3.61. The second-order valence-corrected chi connectivity index (χ2v) is 11.1. The average molecular weight is 566 g/mol. The first-order chi connectivity index (χ1) is 21.8. The maximum atomic E-state index is 4.39. The van der Waals surface area contributed by atoms with E-state index in [9.17, 15) is 0 Å². The fraction of sp³-hybridized carbons (Fsp3) is 0. The Hall–Kier alpha value is -6.07. The summed E-state index contributed by atoms with van der Waals surface area (Å²) in [6.07, 6.45) is 5.51. The molecule has 44 heavy (non-hydrogen) atoms. The number of para-hydroxylation sites is 3. The van der Waals surface area contributed by atoms with E-state index in [2.05, 4.69) is 159 Å². The van der Waals surface area contributed by atoms with Crippen LogP contribution < -0.4 is 10.5 Å². The molecule has 5 heteroatoms. The zero-order valence-corrected chi connectivity index (χ0v) is 23.8. The molecule has 0 saturated heterocycles. The first-order valence-corrected chi connectivity index (χ1v) is 14.8. The highest BCUT2D eigenvalue weighted by atomic mass is 15.7. The lowest BCUT2D eigenvalue weighted by Crippen LogP contribution is -2.30.